The number of benzene rings is 1. The van der Waals surface area contributed by atoms with Crippen molar-refractivity contribution in [2.45, 2.75) is 77.8 Å². The van der Waals surface area contributed by atoms with Crippen molar-refractivity contribution in [1.29, 1.82) is 0 Å². The zero-order chi connectivity index (χ0) is 33.6. The van der Waals surface area contributed by atoms with E-state index in [9.17, 15) is 27.2 Å². The van der Waals surface area contributed by atoms with Gasteiger partial charge in [-0.15, -0.1) is 0 Å². The summed E-state index contributed by atoms with van der Waals surface area (Å²) in [5, 5.41) is 9.49. The second kappa shape index (κ2) is 13.1. The maximum absolute atomic E-state index is 14.3. The van der Waals surface area contributed by atoms with E-state index in [1.54, 1.807) is 55.5 Å². The summed E-state index contributed by atoms with van der Waals surface area (Å²) in [4.78, 5) is 37.0. The number of hydrogen-bond acceptors (Lipinski definition) is 6. The molecule has 3 heterocycles. The van der Waals surface area contributed by atoms with Crippen LogP contribution in [0.2, 0.25) is 10.0 Å². The molecule has 3 aromatic rings. The first-order chi connectivity index (χ1) is 21.5. The molecule has 1 aromatic carbocycles. The normalized spacial score (nSPS) is 20.7. The van der Waals surface area contributed by atoms with Crippen LogP contribution in [0.5, 0.6) is 0 Å². The van der Waals surface area contributed by atoms with Gasteiger partial charge in [0.15, 0.2) is 5.65 Å². The van der Waals surface area contributed by atoms with Gasteiger partial charge in [-0.05, 0) is 49.8 Å². The third-order valence-corrected chi connectivity index (χ3v) is 9.30. The van der Waals surface area contributed by atoms with Crippen molar-refractivity contribution < 1.29 is 27.2 Å². The van der Waals surface area contributed by atoms with E-state index in [1.165, 1.54) is 0 Å². The highest BCUT2D eigenvalue weighted by Crippen LogP contribution is 2.39. The van der Waals surface area contributed by atoms with Gasteiger partial charge in [-0.3, -0.25) is 14.2 Å². The first-order valence-electron chi connectivity index (χ1n) is 15.2. The Kier molecular flexibility index (Phi) is 9.66. The van der Waals surface area contributed by atoms with Crippen LogP contribution in [-0.4, -0.2) is 57.8 Å². The fourth-order valence-electron chi connectivity index (χ4n) is 5.76. The van der Waals surface area contributed by atoms with E-state index in [1.807, 2.05) is 0 Å². The molecule has 5 rings (SSSR count). The average Bonchev–Trinajstić information content (AvgIpc) is 3.55. The lowest BCUT2D eigenvalue weighted by molar-refractivity contribution is -0.182. The van der Waals surface area contributed by atoms with Crippen molar-refractivity contribution in [3.63, 3.8) is 0 Å². The van der Waals surface area contributed by atoms with E-state index < -0.39 is 35.6 Å². The fourth-order valence-corrected chi connectivity index (χ4v) is 6.29. The highest BCUT2D eigenvalue weighted by Gasteiger charge is 2.42. The Bertz CT molecular complexity index is 1630. The van der Waals surface area contributed by atoms with Gasteiger partial charge in [0.25, 0.3) is 5.91 Å². The highest BCUT2D eigenvalue weighted by molar-refractivity contribution is 6.39. The number of rotatable bonds is 7. The summed E-state index contributed by atoms with van der Waals surface area (Å²) < 4.78 is 55.4. The standard InChI is InChI=1S/C31H37Cl2F4N7O2/c1-30(2,3)28(46)38-14-16-5-10-21(32)24(23(16)33)41-29-40-22-13-20(25(42-26(22)43(29)4)44-12-11-18(34)15-44)27(45)39-19-8-6-17(7-9-19)31(35,36)37/h5,10,13,17-19H,6-9,11-12,14-15H2,1-4H3,(H,38,46)(H,39,45)(H,40,41). The van der Waals surface area contributed by atoms with Gasteiger partial charge in [-0.1, -0.05) is 50.0 Å². The molecule has 15 heteroatoms. The molecule has 1 saturated heterocycles. The first kappa shape index (κ1) is 34.0. The third-order valence-electron chi connectivity index (χ3n) is 8.55. The van der Waals surface area contributed by atoms with Gasteiger partial charge in [0.2, 0.25) is 11.9 Å². The summed E-state index contributed by atoms with van der Waals surface area (Å²) in [5.74, 6) is -1.43. The number of carbonyl (C=O) groups excluding carboxylic acids is 2. The smallest absolute Gasteiger partial charge is 0.353 e. The zero-order valence-corrected chi connectivity index (χ0v) is 27.5. The number of carbonyl (C=O) groups is 2. The maximum atomic E-state index is 14.3. The van der Waals surface area contributed by atoms with Gasteiger partial charge in [-0.2, -0.15) is 13.2 Å². The van der Waals surface area contributed by atoms with Crippen molar-refractivity contribution in [3.05, 3.63) is 39.4 Å². The van der Waals surface area contributed by atoms with E-state index in [-0.39, 0.29) is 67.5 Å². The monoisotopic (exact) mass is 685 g/mol. The van der Waals surface area contributed by atoms with Crippen molar-refractivity contribution in [2.24, 2.45) is 18.4 Å². The average molecular weight is 687 g/mol. The van der Waals surface area contributed by atoms with Crippen LogP contribution in [0, 0.1) is 11.3 Å². The summed E-state index contributed by atoms with van der Waals surface area (Å²) in [6.07, 6.45) is -4.76. The third kappa shape index (κ3) is 7.30. The lowest BCUT2D eigenvalue weighted by atomic mass is 9.85. The van der Waals surface area contributed by atoms with E-state index in [2.05, 4.69) is 20.9 Å². The van der Waals surface area contributed by atoms with E-state index in [4.69, 9.17) is 28.2 Å². The topological polar surface area (TPSA) is 104 Å². The Morgan fingerprint density at radius 1 is 1.04 bits per heavy atom. The van der Waals surface area contributed by atoms with Crippen LogP contribution in [0.15, 0.2) is 18.2 Å². The molecule has 0 bridgehead atoms. The highest BCUT2D eigenvalue weighted by atomic mass is 35.5. The number of anilines is 3. The van der Waals surface area contributed by atoms with Gasteiger partial charge in [0, 0.05) is 31.6 Å². The number of hydrogen-bond donors (Lipinski definition) is 3. The van der Waals surface area contributed by atoms with E-state index >= 15 is 0 Å². The van der Waals surface area contributed by atoms with Crippen LogP contribution in [-0.2, 0) is 18.4 Å². The number of imidazole rings is 1. The predicted octanol–water partition coefficient (Wildman–Crippen LogP) is 7.08. The number of amides is 2. The molecule has 46 heavy (non-hydrogen) atoms. The molecule has 1 aliphatic heterocycles. The lowest BCUT2D eigenvalue weighted by Crippen LogP contribution is -2.40. The fraction of sp³-hybridized carbons (Fsp3) is 0.548. The predicted molar refractivity (Wildman–Crippen MR) is 171 cm³/mol. The molecule has 3 N–H and O–H groups in total. The molecule has 1 saturated carbocycles. The van der Waals surface area contributed by atoms with Crippen LogP contribution >= 0.6 is 23.2 Å². The van der Waals surface area contributed by atoms with Crippen molar-refractivity contribution in [1.82, 2.24) is 25.2 Å². The Morgan fingerprint density at radius 3 is 2.35 bits per heavy atom. The summed E-state index contributed by atoms with van der Waals surface area (Å²) in [7, 11) is 1.71. The first-order valence-corrected chi connectivity index (χ1v) is 15.9. The largest absolute Gasteiger partial charge is 0.391 e. The molecule has 2 aliphatic rings. The molecule has 1 atom stereocenters. The second-order valence-corrected chi connectivity index (χ2v) is 13.8. The number of nitrogens with one attached hydrogen (secondary N) is 3. The number of pyridine rings is 1. The molecule has 0 radical (unpaired) electrons. The number of fused-ring (bicyclic) bond motifs is 1. The molecule has 1 unspecified atom stereocenters. The quantitative estimate of drug-likeness (QED) is 0.230. The van der Waals surface area contributed by atoms with Crippen LogP contribution in [0.3, 0.4) is 0 Å². The SMILES string of the molecule is Cn1c(Nc2c(Cl)ccc(CNC(=O)C(C)(C)C)c2Cl)nc2cc(C(=O)NC3CCC(C(F)(F)F)CC3)c(N3CCC(F)C3)nc21. The number of halogens is 6. The minimum absolute atomic E-state index is 0.0568. The number of nitrogens with zero attached hydrogens (tertiary/aromatic N) is 4. The molecule has 0 spiro atoms. The molecule has 250 valence electrons. The molecule has 2 aromatic heterocycles. The van der Waals surface area contributed by atoms with Gasteiger partial charge < -0.3 is 20.9 Å². The number of aromatic nitrogens is 3. The molecule has 9 nitrogen and oxygen atoms in total. The maximum Gasteiger partial charge on any atom is 0.391 e. The summed E-state index contributed by atoms with van der Waals surface area (Å²) in [6.45, 7) is 6.01. The van der Waals surface area contributed by atoms with E-state index in [0.717, 1.165) is 0 Å². The minimum Gasteiger partial charge on any atom is -0.353 e. The molecule has 2 fully saturated rings. The van der Waals surface area contributed by atoms with Gasteiger partial charge in [0.05, 0.1) is 33.8 Å². The Balaban J connectivity index is 1.43. The van der Waals surface area contributed by atoms with Gasteiger partial charge in [-0.25, -0.2) is 14.4 Å². The molecule has 1 aliphatic carbocycles. The number of aryl methyl sites for hydroxylation is 1. The Morgan fingerprint density at radius 2 is 1.74 bits per heavy atom. The van der Waals surface area contributed by atoms with Crippen LogP contribution in [0.4, 0.5) is 35.0 Å². The van der Waals surface area contributed by atoms with Crippen LogP contribution in [0.1, 0.15) is 68.8 Å². The summed E-state index contributed by atoms with van der Waals surface area (Å²) >= 11 is 13.2. The van der Waals surface area contributed by atoms with Gasteiger partial charge in [0.1, 0.15) is 17.5 Å². The minimum atomic E-state index is -4.25. The molecule has 2 amide bonds. The van der Waals surface area contributed by atoms with Gasteiger partial charge >= 0.3 is 6.18 Å². The second-order valence-electron chi connectivity index (χ2n) is 13.0. The summed E-state index contributed by atoms with van der Waals surface area (Å²) in [6, 6.07) is 4.51. The molecular weight excluding hydrogens is 649 g/mol. The van der Waals surface area contributed by atoms with Crippen molar-refractivity contribution >= 4 is 63.6 Å². The van der Waals surface area contributed by atoms with E-state index in [0.29, 0.717) is 39.9 Å². The van der Waals surface area contributed by atoms with Crippen molar-refractivity contribution in [2.75, 3.05) is 23.3 Å². The summed E-state index contributed by atoms with van der Waals surface area (Å²) in [5.41, 5.74) is 1.33. The van der Waals surface area contributed by atoms with Crippen molar-refractivity contribution in [3.8, 4) is 0 Å². The molecular formula is C31H37Cl2F4N7O2. The zero-order valence-electron chi connectivity index (χ0n) is 26.0. The Hall–Kier alpha value is -3.32. The Labute approximate surface area is 274 Å². The lowest BCUT2D eigenvalue weighted by Gasteiger charge is -2.30. The van der Waals surface area contributed by atoms with Crippen LogP contribution < -0.4 is 20.9 Å². The van der Waals surface area contributed by atoms with Crippen LogP contribution in [0.25, 0.3) is 11.2 Å². The number of alkyl halides is 4.